The molecule has 0 bridgehead atoms. The molecular weight excluding hydrogens is 322 g/mol. The minimum atomic E-state index is -0.556. The van der Waals surface area contributed by atoms with Gasteiger partial charge >= 0.3 is 5.97 Å². The van der Waals surface area contributed by atoms with Crippen molar-refractivity contribution in [1.29, 1.82) is 0 Å². The topological polar surface area (TPSA) is 103 Å². The molecule has 0 saturated heterocycles. The molecule has 0 radical (unpaired) electrons. The average molecular weight is 349 g/mol. The summed E-state index contributed by atoms with van der Waals surface area (Å²) in [6.07, 6.45) is 1.58. The molecule has 0 unspecified atom stereocenters. The molecule has 1 heterocycles. The molecule has 0 aromatic carbocycles. The van der Waals surface area contributed by atoms with E-state index in [2.05, 4.69) is 15.0 Å². The number of nitrogens with zero attached hydrogens (tertiary/aromatic N) is 4. The monoisotopic (exact) mass is 349 g/mol. The van der Waals surface area contributed by atoms with E-state index in [-0.39, 0.29) is 18.2 Å². The zero-order valence-corrected chi connectivity index (χ0v) is 16.0. The molecule has 0 spiro atoms. The minimum Gasteiger partial charge on any atom is -0.479 e. The number of allylic oxidation sites excluding steroid dienone is 1. The number of hydrogen-bond acceptors (Lipinski definition) is 8. The first kappa shape index (κ1) is 20.4. The summed E-state index contributed by atoms with van der Waals surface area (Å²) in [5, 5.41) is 0. The quantitative estimate of drug-likeness (QED) is 0.456. The van der Waals surface area contributed by atoms with Gasteiger partial charge in [0.15, 0.2) is 0 Å². The summed E-state index contributed by atoms with van der Waals surface area (Å²) in [5.74, 6) is 0.324. The molecule has 1 aromatic heterocycles. The van der Waals surface area contributed by atoms with Gasteiger partial charge in [0, 0.05) is 25.4 Å². The molecule has 25 heavy (non-hydrogen) atoms. The minimum absolute atomic E-state index is 0.0196. The lowest BCUT2D eigenvalue weighted by Crippen LogP contribution is -2.21. The van der Waals surface area contributed by atoms with E-state index < -0.39 is 5.97 Å². The van der Waals surface area contributed by atoms with Gasteiger partial charge in [-0.3, -0.25) is 0 Å². The largest absolute Gasteiger partial charge is 0.479 e. The van der Waals surface area contributed by atoms with Crippen molar-refractivity contribution in [2.45, 2.75) is 27.7 Å². The lowest BCUT2D eigenvalue weighted by atomic mass is 9.99. The first-order valence-corrected chi connectivity index (χ1v) is 8.03. The van der Waals surface area contributed by atoms with Crippen LogP contribution in [0.2, 0.25) is 0 Å². The maximum absolute atomic E-state index is 11.9. The summed E-state index contributed by atoms with van der Waals surface area (Å²) in [6, 6.07) is 0. The third-order valence-corrected chi connectivity index (χ3v) is 3.39. The van der Waals surface area contributed by atoms with Crippen LogP contribution in [0.1, 0.15) is 27.7 Å². The second-order valence-electron chi connectivity index (χ2n) is 5.87. The molecule has 8 heteroatoms. The number of hydrogen-bond donors (Lipinski definition) is 1. The Morgan fingerprint density at radius 2 is 2.04 bits per heavy atom. The van der Waals surface area contributed by atoms with Crippen LogP contribution in [0.5, 0.6) is 5.88 Å². The molecule has 0 amide bonds. The van der Waals surface area contributed by atoms with Crippen molar-refractivity contribution < 1.29 is 14.3 Å². The molecule has 0 aliphatic heterocycles. The van der Waals surface area contributed by atoms with Gasteiger partial charge in [-0.15, -0.1) is 0 Å². The molecular formula is C17H27N5O3. The van der Waals surface area contributed by atoms with Crippen LogP contribution in [-0.2, 0) is 9.53 Å². The third kappa shape index (κ3) is 5.17. The molecule has 0 aliphatic carbocycles. The lowest BCUT2D eigenvalue weighted by Gasteiger charge is -2.15. The first-order chi connectivity index (χ1) is 11.7. The fourth-order valence-electron chi connectivity index (χ4n) is 2.07. The van der Waals surface area contributed by atoms with Crippen molar-refractivity contribution in [2.75, 3.05) is 32.7 Å². The fraction of sp³-hybridized carbons (Fsp3) is 0.529. The summed E-state index contributed by atoms with van der Waals surface area (Å²) >= 11 is 0. The Kier molecular flexibility index (Phi) is 7.35. The first-order valence-electron chi connectivity index (χ1n) is 8.03. The predicted octanol–water partition coefficient (Wildman–Crippen LogP) is 2.08. The van der Waals surface area contributed by atoms with Crippen molar-refractivity contribution in [2.24, 2.45) is 16.6 Å². The van der Waals surface area contributed by atoms with Gasteiger partial charge in [0.2, 0.25) is 11.8 Å². The van der Waals surface area contributed by atoms with E-state index >= 15 is 0 Å². The number of ether oxygens (including phenoxy) is 2. The summed E-state index contributed by atoms with van der Waals surface area (Å²) < 4.78 is 10.3. The number of anilines is 1. The number of nitrogens with two attached hydrogens (primary N) is 1. The van der Waals surface area contributed by atoms with Gasteiger partial charge in [-0.25, -0.2) is 14.8 Å². The van der Waals surface area contributed by atoms with Crippen molar-refractivity contribution in [3.63, 3.8) is 0 Å². The normalized spacial score (nSPS) is 12.7. The highest BCUT2D eigenvalue weighted by atomic mass is 16.5. The van der Waals surface area contributed by atoms with Gasteiger partial charge in [-0.1, -0.05) is 13.8 Å². The van der Waals surface area contributed by atoms with Crippen LogP contribution in [0.3, 0.4) is 0 Å². The molecule has 1 rings (SSSR count). The van der Waals surface area contributed by atoms with Gasteiger partial charge in [-0.05, 0) is 19.8 Å². The third-order valence-electron chi connectivity index (χ3n) is 3.39. The lowest BCUT2D eigenvalue weighted by molar-refractivity contribution is -0.138. The number of methoxy groups -OCH3 is 1. The molecule has 0 atom stereocenters. The maximum Gasteiger partial charge on any atom is 0.354 e. The number of carbonyl (C=O) groups excluding carboxylic acids is 1. The van der Waals surface area contributed by atoms with Gasteiger partial charge < -0.3 is 20.1 Å². The van der Waals surface area contributed by atoms with Gasteiger partial charge in [0.25, 0.3) is 0 Å². The van der Waals surface area contributed by atoms with E-state index in [9.17, 15) is 4.79 Å². The Hall–Kier alpha value is -2.64. The second-order valence-corrected chi connectivity index (χ2v) is 5.87. The van der Waals surface area contributed by atoms with Crippen LogP contribution in [0.4, 0.5) is 11.6 Å². The maximum atomic E-state index is 11.9. The van der Waals surface area contributed by atoms with Crippen molar-refractivity contribution in [3.8, 4) is 5.88 Å². The van der Waals surface area contributed by atoms with Crippen LogP contribution >= 0.6 is 0 Å². The summed E-state index contributed by atoms with van der Waals surface area (Å²) in [6.45, 7) is 7.65. The van der Waals surface area contributed by atoms with E-state index in [0.717, 1.165) is 0 Å². The molecule has 0 aliphatic rings. The van der Waals surface area contributed by atoms with Gasteiger partial charge in [0.1, 0.15) is 11.4 Å². The van der Waals surface area contributed by atoms with Crippen LogP contribution in [0, 0.1) is 5.92 Å². The Morgan fingerprint density at radius 3 is 2.52 bits per heavy atom. The summed E-state index contributed by atoms with van der Waals surface area (Å²) in [5.41, 5.74) is 7.64. The van der Waals surface area contributed by atoms with Crippen LogP contribution in [-0.4, -0.2) is 49.5 Å². The van der Waals surface area contributed by atoms with Gasteiger partial charge in [-0.2, -0.15) is 4.98 Å². The molecule has 138 valence electrons. The van der Waals surface area contributed by atoms with E-state index in [4.69, 9.17) is 15.2 Å². The standard InChI is InChI=1S/C17H27N5O3/c1-8-25-16(23)13(18)11(4)14(10(2)3)20-12-9-19-17(22(5)6)21-15(12)24-7/h9-10H,8,18H2,1-7H3/b13-11-,20-14?. The smallest absolute Gasteiger partial charge is 0.354 e. The Labute approximate surface area is 148 Å². The fourth-order valence-corrected chi connectivity index (χ4v) is 2.07. The SMILES string of the molecule is CCOC(=O)/C(N)=C(\C)C(=Nc1cnc(N(C)C)nc1OC)C(C)C. The summed E-state index contributed by atoms with van der Waals surface area (Å²) in [4.78, 5) is 26.8. The highest BCUT2D eigenvalue weighted by Gasteiger charge is 2.18. The number of rotatable bonds is 7. The highest BCUT2D eigenvalue weighted by molar-refractivity contribution is 6.07. The Morgan fingerprint density at radius 1 is 1.40 bits per heavy atom. The van der Waals surface area contributed by atoms with Gasteiger partial charge in [0.05, 0.1) is 19.9 Å². The predicted molar refractivity (Wildman–Crippen MR) is 98.4 cm³/mol. The number of aromatic nitrogens is 2. The van der Waals surface area contributed by atoms with Crippen LogP contribution in [0.15, 0.2) is 22.5 Å². The van der Waals surface area contributed by atoms with Crippen LogP contribution in [0.25, 0.3) is 0 Å². The molecule has 8 nitrogen and oxygen atoms in total. The Balaban J connectivity index is 3.40. The van der Waals surface area contributed by atoms with Crippen molar-refractivity contribution in [3.05, 3.63) is 17.5 Å². The second kappa shape index (κ2) is 9.00. The number of esters is 1. The highest BCUT2D eigenvalue weighted by Crippen LogP contribution is 2.28. The molecule has 0 fully saturated rings. The van der Waals surface area contributed by atoms with E-state index in [0.29, 0.717) is 28.8 Å². The van der Waals surface area contributed by atoms with Crippen molar-refractivity contribution >= 4 is 23.3 Å². The summed E-state index contributed by atoms with van der Waals surface area (Å²) in [7, 11) is 5.19. The molecule has 1 aromatic rings. The Bertz CT molecular complexity index is 681. The van der Waals surface area contributed by atoms with E-state index in [1.807, 2.05) is 27.9 Å². The van der Waals surface area contributed by atoms with Crippen molar-refractivity contribution in [1.82, 2.24) is 9.97 Å². The molecule has 0 saturated carbocycles. The van der Waals surface area contributed by atoms with Crippen LogP contribution < -0.4 is 15.4 Å². The van der Waals surface area contributed by atoms with E-state index in [1.54, 1.807) is 24.9 Å². The average Bonchev–Trinajstić information content (AvgIpc) is 2.58. The number of carbonyl (C=O) groups is 1. The van der Waals surface area contributed by atoms with E-state index in [1.165, 1.54) is 7.11 Å². The zero-order valence-electron chi connectivity index (χ0n) is 16.0. The zero-order chi connectivity index (χ0) is 19.1. The number of aliphatic imine (C=N–C) groups is 1. The molecule has 2 N–H and O–H groups in total.